The molecule has 0 saturated heterocycles. The first-order chi connectivity index (χ1) is 12.8. The molecule has 144 valence electrons. The van der Waals surface area contributed by atoms with Gasteiger partial charge in [-0.05, 0) is 36.2 Å². The van der Waals surface area contributed by atoms with E-state index in [4.69, 9.17) is 22.1 Å². The molecule has 5 nitrogen and oxygen atoms in total. The van der Waals surface area contributed by atoms with Gasteiger partial charge in [-0.15, -0.1) is 13.2 Å². The van der Waals surface area contributed by atoms with Crippen molar-refractivity contribution in [3.05, 3.63) is 53.1 Å². The quantitative estimate of drug-likeness (QED) is 0.572. The highest BCUT2D eigenvalue weighted by Gasteiger charge is 2.42. The molecule has 0 amide bonds. The van der Waals surface area contributed by atoms with Crippen LogP contribution in [0.5, 0.6) is 11.5 Å². The monoisotopic (exact) mass is 399 g/mol. The van der Waals surface area contributed by atoms with Gasteiger partial charge in [0.1, 0.15) is 11.5 Å². The normalized spacial score (nSPS) is 19.5. The van der Waals surface area contributed by atoms with Crippen LogP contribution in [-0.4, -0.2) is 25.5 Å². The minimum Gasteiger partial charge on any atom is -0.495 e. The Labute approximate surface area is 158 Å². The summed E-state index contributed by atoms with van der Waals surface area (Å²) in [6.45, 7) is 0. The number of para-hydroxylation sites is 1. The predicted octanol–water partition coefficient (Wildman–Crippen LogP) is 4.53. The van der Waals surface area contributed by atoms with E-state index >= 15 is 0 Å². The number of benzene rings is 2. The van der Waals surface area contributed by atoms with Crippen LogP contribution in [0.15, 0.2) is 47.5 Å². The van der Waals surface area contributed by atoms with E-state index in [0.717, 1.165) is 0 Å². The fourth-order valence-electron chi connectivity index (χ4n) is 2.77. The standard InChI is InChI=1S/C18H17ClF3N3O2/c1-26-16-7-6-10(8-13(16)19)24-17(23)25-14-9-12(14)11-4-2-3-5-15(11)27-18(20,21)22/h2-8,12,14H,9H2,1H3,(H3,23,24,25). The Morgan fingerprint density at radius 3 is 2.63 bits per heavy atom. The molecule has 0 radical (unpaired) electrons. The predicted molar refractivity (Wildman–Crippen MR) is 97.5 cm³/mol. The van der Waals surface area contributed by atoms with Crippen LogP contribution >= 0.6 is 11.6 Å². The van der Waals surface area contributed by atoms with Gasteiger partial charge in [-0.3, -0.25) is 0 Å². The van der Waals surface area contributed by atoms with Crippen LogP contribution in [0.2, 0.25) is 5.02 Å². The lowest BCUT2D eigenvalue weighted by Crippen LogP contribution is -2.23. The number of hydrogen-bond donors (Lipinski definition) is 2. The Balaban J connectivity index is 1.68. The molecule has 1 aliphatic rings. The van der Waals surface area contributed by atoms with Crippen LogP contribution in [0.4, 0.5) is 18.9 Å². The van der Waals surface area contributed by atoms with E-state index in [-0.39, 0.29) is 23.7 Å². The van der Waals surface area contributed by atoms with E-state index in [1.807, 2.05) is 0 Å². The molecule has 1 saturated carbocycles. The molecule has 2 aromatic carbocycles. The van der Waals surface area contributed by atoms with Gasteiger partial charge in [0.15, 0.2) is 5.96 Å². The van der Waals surface area contributed by atoms with Crippen molar-refractivity contribution >= 4 is 23.2 Å². The molecule has 0 bridgehead atoms. The third-order valence-electron chi connectivity index (χ3n) is 4.03. The van der Waals surface area contributed by atoms with Crippen molar-refractivity contribution in [3.8, 4) is 11.5 Å². The first kappa shape index (κ1) is 19.2. The van der Waals surface area contributed by atoms with Gasteiger partial charge >= 0.3 is 6.36 Å². The number of nitrogens with zero attached hydrogens (tertiary/aromatic N) is 1. The summed E-state index contributed by atoms with van der Waals surface area (Å²) < 4.78 is 46.8. The Morgan fingerprint density at radius 1 is 1.22 bits per heavy atom. The molecule has 9 heteroatoms. The highest BCUT2D eigenvalue weighted by atomic mass is 35.5. The molecular formula is C18H17ClF3N3O2. The van der Waals surface area contributed by atoms with Crippen molar-refractivity contribution in [1.29, 1.82) is 0 Å². The lowest BCUT2D eigenvalue weighted by Gasteiger charge is -2.12. The maximum atomic E-state index is 12.5. The number of anilines is 1. The second-order valence-electron chi connectivity index (χ2n) is 5.98. The van der Waals surface area contributed by atoms with Crippen molar-refractivity contribution in [2.24, 2.45) is 10.7 Å². The third-order valence-corrected chi connectivity index (χ3v) is 4.33. The summed E-state index contributed by atoms with van der Waals surface area (Å²) in [6, 6.07) is 10.9. The number of ether oxygens (including phenoxy) is 2. The summed E-state index contributed by atoms with van der Waals surface area (Å²) in [7, 11) is 1.51. The molecule has 0 spiro atoms. The van der Waals surface area contributed by atoms with Crippen molar-refractivity contribution in [3.63, 3.8) is 0 Å². The summed E-state index contributed by atoms with van der Waals surface area (Å²) in [5.74, 6) is 0.295. The topological polar surface area (TPSA) is 68.9 Å². The lowest BCUT2D eigenvalue weighted by molar-refractivity contribution is -0.274. The Kier molecular flexibility index (Phi) is 5.36. The van der Waals surface area contributed by atoms with Crippen molar-refractivity contribution in [2.45, 2.75) is 24.7 Å². The van der Waals surface area contributed by atoms with Gasteiger partial charge in [0.2, 0.25) is 0 Å². The second-order valence-corrected chi connectivity index (χ2v) is 6.39. The molecule has 3 N–H and O–H groups in total. The molecular weight excluding hydrogens is 383 g/mol. The largest absolute Gasteiger partial charge is 0.573 e. The molecule has 2 aromatic rings. The van der Waals surface area contributed by atoms with Gasteiger partial charge in [0.25, 0.3) is 0 Å². The van der Waals surface area contributed by atoms with Crippen molar-refractivity contribution in [2.75, 3.05) is 12.4 Å². The number of rotatable bonds is 5. The average Bonchev–Trinajstić information content (AvgIpc) is 3.32. The number of halogens is 4. The van der Waals surface area contributed by atoms with Gasteiger partial charge in [-0.1, -0.05) is 29.8 Å². The van der Waals surface area contributed by atoms with E-state index in [1.165, 1.54) is 19.2 Å². The van der Waals surface area contributed by atoms with Crippen molar-refractivity contribution < 1.29 is 22.6 Å². The number of aliphatic imine (C=N–C) groups is 1. The van der Waals surface area contributed by atoms with Gasteiger partial charge in [0, 0.05) is 11.6 Å². The van der Waals surface area contributed by atoms with Gasteiger partial charge in [0.05, 0.1) is 18.2 Å². The number of alkyl halides is 3. The molecule has 0 aromatic heterocycles. The number of nitrogens with two attached hydrogens (primary N) is 1. The molecule has 2 atom stereocenters. The smallest absolute Gasteiger partial charge is 0.495 e. The molecule has 1 fully saturated rings. The van der Waals surface area contributed by atoms with Crippen LogP contribution in [0.1, 0.15) is 17.9 Å². The van der Waals surface area contributed by atoms with E-state index in [1.54, 1.807) is 30.3 Å². The summed E-state index contributed by atoms with van der Waals surface area (Å²) in [4.78, 5) is 4.32. The van der Waals surface area contributed by atoms with Gasteiger partial charge < -0.3 is 20.5 Å². The summed E-state index contributed by atoms with van der Waals surface area (Å²) in [5.41, 5.74) is 6.99. The number of guanidine groups is 1. The van der Waals surface area contributed by atoms with Gasteiger partial charge in [-0.2, -0.15) is 0 Å². The molecule has 0 aliphatic heterocycles. The second kappa shape index (κ2) is 7.56. The number of nitrogens with one attached hydrogen (secondary N) is 1. The average molecular weight is 400 g/mol. The molecule has 27 heavy (non-hydrogen) atoms. The highest BCUT2D eigenvalue weighted by Crippen LogP contribution is 2.47. The fraction of sp³-hybridized carbons (Fsp3) is 0.278. The Hall–Kier alpha value is -2.61. The van der Waals surface area contributed by atoms with E-state index < -0.39 is 6.36 Å². The summed E-state index contributed by atoms with van der Waals surface area (Å²) in [6.07, 6.45) is -4.15. The van der Waals surface area contributed by atoms with Crippen molar-refractivity contribution in [1.82, 2.24) is 0 Å². The van der Waals surface area contributed by atoms with Crippen LogP contribution in [0, 0.1) is 0 Å². The van der Waals surface area contributed by atoms with Crippen LogP contribution in [-0.2, 0) is 0 Å². The third kappa shape index (κ3) is 4.97. The number of methoxy groups -OCH3 is 1. The van der Waals surface area contributed by atoms with Gasteiger partial charge in [-0.25, -0.2) is 4.99 Å². The minimum absolute atomic E-state index is 0.151. The molecule has 2 unspecified atom stereocenters. The summed E-state index contributed by atoms with van der Waals surface area (Å²) >= 11 is 6.05. The molecule has 0 heterocycles. The maximum absolute atomic E-state index is 12.5. The maximum Gasteiger partial charge on any atom is 0.573 e. The zero-order valence-corrected chi connectivity index (χ0v) is 15.0. The Bertz CT molecular complexity index is 858. The molecule has 1 aliphatic carbocycles. The zero-order valence-electron chi connectivity index (χ0n) is 14.3. The first-order valence-electron chi connectivity index (χ1n) is 8.05. The fourth-order valence-corrected chi connectivity index (χ4v) is 3.02. The van der Waals surface area contributed by atoms with Crippen LogP contribution < -0.4 is 20.5 Å². The molecule has 3 rings (SSSR count). The summed E-state index contributed by atoms with van der Waals surface area (Å²) in [5, 5.41) is 3.32. The minimum atomic E-state index is -4.74. The van der Waals surface area contributed by atoms with Crippen LogP contribution in [0.3, 0.4) is 0 Å². The van der Waals surface area contributed by atoms with Crippen LogP contribution in [0.25, 0.3) is 0 Å². The highest BCUT2D eigenvalue weighted by molar-refractivity contribution is 6.32. The first-order valence-corrected chi connectivity index (χ1v) is 8.43. The SMILES string of the molecule is COc1ccc(NC(N)=NC2CC2c2ccccc2OC(F)(F)F)cc1Cl. The lowest BCUT2D eigenvalue weighted by atomic mass is 10.1. The van der Waals surface area contributed by atoms with E-state index in [0.29, 0.717) is 28.4 Å². The van der Waals surface area contributed by atoms with E-state index in [9.17, 15) is 13.2 Å². The van der Waals surface area contributed by atoms with E-state index in [2.05, 4.69) is 15.0 Å². The number of hydrogen-bond acceptors (Lipinski definition) is 3. The Morgan fingerprint density at radius 2 is 1.96 bits per heavy atom. The zero-order chi connectivity index (χ0) is 19.6.